The van der Waals surface area contributed by atoms with Gasteiger partial charge in [-0.2, -0.15) is 11.8 Å². The van der Waals surface area contributed by atoms with Gasteiger partial charge in [0.2, 0.25) is 5.89 Å². The molecule has 0 radical (unpaired) electrons. The smallest absolute Gasteiger partial charge is 0.315 e. The Morgan fingerprint density at radius 3 is 3.12 bits per heavy atom. The molecule has 1 aromatic heterocycles. The third-order valence-corrected chi connectivity index (χ3v) is 4.22. The summed E-state index contributed by atoms with van der Waals surface area (Å²) in [5.41, 5.74) is 0. The fourth-order valence-electron chi connectivity index (χ4n) is 1.88. The first kappa shape index (κ1) is 12.7. The molecular weight excluding hydrogens is 236 g/mol. The van der Waals surface area contributed by atoms with E-state index in [1.807, 2.05) is 18.7 Å². The predicted molar refractivity (Wildman–Crippen MR) is 70.4 cm³/mol. The van der Waals surface area contributed by atoms with Crippen LogP contribution >= 0.6 is 11.8 Å². The molecule has 1 fully saturated rings. The fourth-order valence-corrected chi connectivity index (χ4v) is 3.08. The maximum Gasteiger partial charge on any atom is 0.315 e. The van der Waals surface area contributed by atoms with Gasteiger partial charge in [-0.05, 0) is 32.1 Å². The first-order valence-electron chi connectivity index (χ1n) is 6.22. The van der Waals surface area contributed by atoms with Gasteiger partial charge >= 0.3 is 6.01 Å². The van der Waals surface area contributed by atoms with Crippen LogP contribution in [0.25, 0.3) is 0 Å². The molecule has 0 spiro atoms. The summed E-state index contributed by atoms with van der Waals surface area (Å²) < 4.78 is 5.55. The van der Waals surface area contributed by atoms with Gasteiger partial charge in [-0.1, -0.05) is 12.0 Å². The van der Waals surface area contributed by atoms with Gasteiger partial charge in [-0.25, -0.2) is 0 Å². The highest BCUT2D eigenvalue weighted by molar-refractivity contribution is 8.00. The minimum Gasteiger partial charge on any atom is -0.406 e. The molecule has 1 aromatic rings. The van der Waals surface area contributed by atoms with Crippen molar-refractivity contribution < 1.29 is 4.42 Å². The summed E-state index contributed by atoms with van der Waals surface area (Å²) in [6, 6.07) is 0.654. The molecule has 0 bridgehead atoms. The van der Waals surface area contributed by atoms with Crippen molar-refractivity contribution in [2.24, 2.45) is 0 Å². The number of nitrogens with one attached hydrogen (secondary N) is 2. The Labute approximate surface area is 106 Å². The Kier molecular flexibility index (Phi) is 4.67. The van der Waals surface area contributed by atoms with Gasteiger partial charge in [0, 0.05) is 11.8 Å². The van der Waals surface area contributed by atoms with E-state index in [-0.39, 0.29) is 6.04 Å². The number of aromatic nitrogens is 2. The average Bonchev–Trinajstić information content (AvgIpc) is 2.98. The second kappa shape index (κ2) is 6.26. The molecule has 96 valence electrons. The molecule has 2 unspecified atom stereocenters. The molecule has 1 aliphatic rings. The largest absolute Gasteiger partial charge is 0.406 e. The maximum atomic E-state index is 5.55. The van der Waals surface area contributed by atoms with Crippen molar-refractivity contribution in [3.05, 3.63) is 5.89 Å². The fraction of sp³-hybridized carbons (Fsp3) is 0.818. The van der Waals surface area contributed by atoms with E-state index in [2.05, 4.69) is 27.8 Å². The Balaban J connectivity index is 1.80. The molecule has 17 heavy (non-hydrogen) atoms. The van der Waals surface area contributed by atoms with Crippen molar-refractivity contribution in [2.45, 2.75) is 38.0 Å². The number of thioether (sulfide) groups is 1. The zero-order valence-electron chi connectivity index (χ0n) is 10.4. The van der Waals surface area contributed by atoms with Gasteiger partial charge in [-0.3, -0.25) is 0 Å². The monoisotopic (exact) mass is 256 g/mol. The van der Waals surface area contributed by atoms with Crippen LogP contribution in [0.4, 0.5) is 6.01 Å². The summed E-state index contributed by atoms with van der Waals surface area (Å²) in [5.74, 6) is 1.92. The van der Waals surface area contributed by atoms with Crippen LogP contribution in [-0.2, 0) is 0 Å². The van der Waals surface area contributed by atoms with Crippen molar-refractivity contribution >= 4 is 17.8 Å². The van der Waals surface area contributed by atoms with E-state index in [1.54, 1.807) is 0 Å². The van der Waals surface area contributed by atoms with Gasteiger partial charge in [-0.15, -0.1) is 5.10 Å². The second-order valence-electron chi connectivity index (χ2n) is 4.24. The topological polar surface area (TPSA) is 63.0 Å². The highest BCUT2D eigenvalue weighted by atomic mass is 32.2. The lowest BCUT2D eigenvalue weighted by atomic mass is 10.2. The average molecular weight is 256 g/mol. The highest BCUT2D eigenvalue weighted by Gasteiger charge is 2.17. The maximum absolute atomic E-state index is 5.55. The van der Waals surface area contributed by atoms with Crippen LogP contribution in [-0.4, -0.2) is 34.3 Å². The van der Waals surface area contributed by atoms with Crippen LogP contribution in [0.2, 0.25) is 0 Å². The number of anilines is 1. The lowest BCUT2D eigenvalue weighted by Crippen LogP contribution is -2.17. The minimum atomic E-state index is 0.115. The zero-order valence-corrected chi connectivity index (χ0v) is 11.2. The van der Waals surface area contributed by atoms with Crippen molar-refractivity contribution in [1.82, 2.24) is 15.5 Å². The molecule has 2 atom stereocenters. The molecule has 2 N–H and O–H groups in total. The van der Waals surface area contributed by atoms with Gasteiger partial charge in [0.05, 0.1) is 6.04 Å². The van der Waals surface area contributed by atoms with E-state index in [0.717, 1.165) is 13.1 Å². The molecule has 2 heterocycles. The molecule has 2 rings (SSSR count). The normalized spacial score (nSPS) is 21.6. The van der Waals surface area contributed by atoms with E-state index in [0.29, 0.717) is 17.2 Å². The molecular formula is C11H20N4OS. The SMILES string of the molecule is CCNC(C)c1nnc(NCC2CCCS2)o1. The third-order valence-electron chi connectivity index (χ3n) is 2.83. The third kappa shape index (κ3) is 3.61. The lowest BCUT2D eigenvalue weighted by molar-refractivity contribution is 0.428. The lowest BCUT2D eigenvalue weighted by Gasteiger charge is -2.08. The summed E-state index contributed by atoms with van der Waals surface area (Å²) in [6.45, 7) is 5.89. The van der Waals surface area contributed by atoms with Crippen LogP contribution < -0.4 is 10.6 Å². The van der Waals surface area contributed by atoms with E-state index >= 15 is 0 Å². The van der Waals surface area contributed by atoms with Crippen LogP contribution in [0.3, 0.4) is 0 Å². The Bertz CT molecular complexity index is 338. The van der Waals surface area contributed by atoms with Crippen molar-refractivity contribution in [2.75, 3.05) is 24.2 Å². The quantitative estimate of drug-likeness (QED) is 0.812. The molecule has 5 nitrogen and oxygen atoms in total. The molecule has 6 heteroatoms. The molecule has 0 aliphatic carbocycles. The number of rotatable bonds is 6. The minimum absolute atomic E-state index is 0.115. The first-order chi connectivity index (χ1) is 8.29. The summed E-state index contributed by atoms with van der Waals surface area (Å²) >= 11 is 2.02. The Morgan fingerprint density at radius 2 is 2.41 bits per heavy atom. The predicted octanol–water partition coefficient (Wildman–Crippen LogP) is 2.05. The highest BCUT2D eigenvalue weighted by Crippen LogP contribution is 2.26. The Morgan fingerprint density at radius 1 is 1.53 bits per heavy atom. The molecule has 1 saturated heterocycles. The summed E-state index contributed by atoms with van der Waals surface area (Å²) in [4.78, 5) is 0. The summed E-state index contributed by atoms with van der Waals surface area (Å²) in [7, 11) is 0. The van der Waals surface area contributed by atoms with Gasteiger partial charge in [0.1, 0.15) is 0 Å². The van der Waals surface area contributed by atoms with E-state index in [9.17, 15) is 0 Å². The van der Waals surface area contributed by atoms with Gasteiger partial charge in [0.25, 0.3) is 0 Å². The number of hydrogen-bond donors (Lipinski definition) is 2. The van der Waals surface area contributed by atoms with Gasteiger partial charge in [0.15, 0.2) is 0 Å². The van der Waals surface area contributed by atoms with E-state index in [4.69, 9.17) is 4.42 Å². The van der Waals surface area contributed by atoms with E-state index < -0.39 is 0 Å². The van der Waals surface area contributed by atoms with Crippen molar-refractivity contribution in [1.29, 1.82) is 0 Å². The van der Waals surface area contributed by atoms with Crippen LogP contribution in [0.15, 0.2) is 4.42 Å². The van der Waals surface area contributed by atoms with Crippen LogP contribution in [0.5, 0.6) is 0 Å². The van der Waals surface area contributed by atoms with Gasteiger partial charge < -0.3 is 15.1 Å². The van der Waals surface area contributed by atoms with Crippen LogP contribution in [0.1, 0.15) is 38.6 Å². The molecule has 0 aromatic carbocycles. The number of hydrogen-bond acceptors (Lipinski definition) is 6. The summed E-state index contributed by atoms with van der Waals surface area (Å²) in [5, 5.41) is 15.2. The molecule has 1 aliphatic heterocycles. The van der Waals surface area contributed by atoms with E-state index in [1.165, 1.54) is 18.6 Å². The summed E-state index contributed by atoms with van der Waals surface area (Å²) in [6.07, 6.45) is 2.61. The molecule has 0 amide bonds. The second-order valence-corrected chi connectivity index (χ2v) is 5.65. The number of nitrogens with zero attached hydrogens (tertiary/aromatic N) is 2. The van der Waals surface area contributed by atoms with Crippen LogP contribution in [0, 0.1) is 0 Å². The van der Waals surface area contributed by atoms with Crippen molar-refractivity contribution in [3.8, 4) is 0 Å². The zero-order chi connectivity index (χ0) is 12.1. The Hall–Kier alpha value is -0.750. The molecule has 0 saturated carbocycles. The first-order valence-corrected chi connectivity index (χ1v) is 7.26. The van der Waals surface area contributed by atoms with Crippen molar-refractivity contribution in [3.63, 3.8) is 0 Å². The standard InChI is InChI=1S/C11H20N4OS/c1-3-12-8(2)10-14-15-11(16-10)13-7-9-5-4-6-17-9/h8-9,12H,3-7H2,1-2H3,(H,13,15).